The van der Waals surface area contributed by atoms with Crippen LogP contribution in [0.25, 0.3) is 10.4 Å². The summed E-state index contributed by atoms with van der Waals surface area (Å²) in [5, 5.41) is 0. The highest BCUT2D eigenvalue weighted by Gasteiger charge is 2.14. The molecule has 0 fully saturated rings. The fourth-order valence-corrected chi connectivity index (χ4v) is 2.30. The number of rotatable bonds is 2. The lowest BCUT2D eigenvalue weighted by molar-refractivity contribution is 0.102. The van der Waals surface area contributed by atoms with Gasteiger partial charge in [0.05, 0.1) is 4.88 Å². The number of thiophene rings is 1. The Balaban J connectivity index is 2.52. The van der Waals surface area contributed by atoms with Crippen LogP contribution >= 0.6 is 11.3 Å². The highest BCUT2D eigenvalue weighted by atomic mass is 32.1. The fourth-order valence-electron chi connectivity index (χ4n) is 1.38. The van der Waals surface area contributed by atoms with E-state index in [1.807, 2.05) is 0 Å². The predicted molar refractivity (Wildman–Crippen MR) is 59.6 cm³/mol. The molecule has 2 aromatic rings. The minimum Gasteiger partial charge on any atom is -0.294 e. The van der Waals surface area contributed by atoms with Crippen LogP contribution in [0.1, 0.15) is 16.6 Å². The maximum Gasteiger partial charge on any atom is 0.169 e. The molecule has 0 aliphatic carbocycles. The van der Waals surface area contributed by atoms with Gasteiger partial charge in [-0.15, -0.1) is 11.3 Å². The minimum atomic E-state index is -1.23. The highest BCUT2D eigenvalue weighted by Crippen LogP contribution is 2.31. The van der Waals surface area contributed by atoms with Crippen LogP contribution in [0.3, 0.4) is 0 Å². The van der Waals surface area contributed by atoms with Crippen LogP contribution in [0.15, 0.2) is 24.3 Å². The fraction of sp³-hybridized carbons (Fsp3) is 0.0833. The lowest BCUT2D eigenvalue weighted by Crippen LogP contribution is -1.89. The van der Waals surface area contributed by atoms with Crippen molar-refractivity contribution in [2.75, 3.05) is 0 Å². The Labute approximate surface area is 99.5 Å². The summed E-state index contributed by atoms with van der Waals surface area (Å²) in [5.41, 5.74) is -0.0404. The molecular formula is C12H7F3OS. The first-order valence-electron chi connectivity index (χ1n) is 4.74. The first kappa shape index (κ1) is 11.9. The van der Waals surface area contributed by atoms with E-state index in [4.69, 9.17) is 0 Å². The molecule has 0 saturated carbocycles. The molecule has 0 spiro atoms. The van der Waals surface area contributed by atoms with Gasteiger partial charge >= 0.3 is 0 Å². The summed E-state index contributed by atoms with van der Waals surface area (Å²) < 4.78 is 39.2. The van der Waals surface area contributed by atoms with Gasteiger partial charge in [0.1, 0.15) is 5.82 Å². The lowest BCUT2D eigenvalue weighted by Gasteiger charge is -2.01. The Bertz CT molecular complexity index is 589. The summed E-state index contributed by atoms with van der Waals surface area (Å²) in [6, 6.07) is 4.33. The van der Waals surface area contributed by atoms with E-state index < -0.39 is 17.5 Å². The molecule has 0 saturated heterocycles. The molecule has 0 N–H and O–H groups in total. The topological polar surface area (TPSA) is 17.1 Å². The lowest BCUT2D eigenvalue weighted by atomic mass is 10.1. The second kappa shape index (κ2) is 4.33. The molecule has 0 aliphatic rings. The van der Waals surface area contributed by atoms with E-state index in [-0.39, 0.29) is 11.3 Å². The second-order valence-electron chi connectivity index (χ2n) is 3.47. The van der Waals surface area contributed by atoms with Crippen molar-refractivity contribution in [3.63, 3.8) is 0 Å². The quantitative estimate of drug-likeness (QED) is 0.585. The molecule has 0 radical (unpaired) electrons. The summed E-state index contributed by atoms with van der Waals surface area (Å²) in [4.78, 5) is 11.9. The molecule has 0 aliphatic heterocycles. The van der Waals surface area contributed by atoms with Crippen molar-refractivity contribution in [2.45, 2.75) is 6.92 Å². The molecule has 2 rings (SSSR count). The van der Waals surface area contributed by atoms with Gasteiger partial charge in [0, 0.05) is 16.5 Å². The van der Waals surface area contributed by atoms with Crippen LogP contribution in [-0.4, -0.2) is 5.78 Å². The maximum atomic E-state index is 13.4. The number of hydrogen-bond donors (Lipinski definition) is 0. The number of ketones is 1. The number of Topliss-reactive ketones (excluding diaryl/α,β-unsaturated/α-hetero) is 1. The van der Waals surface area contributed by atoms with Crippen molar-refractivity contribution in [1.29, 1.82) is 0 Å². The van der Waals surface area contributed by atoms with E-state index in [0.29, 0.717) is 15.8 Å². The van der Waals surface area contributed by atoms with Gasteiger partial charge in [-0.2, -0.15) is 0 Å². The van der Waals surface area contributed by atoms with Gasteiger partial charge in [-0.25, -0.2) is 13.2 Å². The number of carbonyl (C=O) groups is 1. The predicted octanol–water partition coefficient (Wildman–Crippen LogP) is 4.04. The zero-order chi connectivity index (χ0) is 12.6. The van der Waals surface area contributed by atoms with E-state index in [2.05, 4.69) is 0 Å². The summed E-state index contributed by atoms with van der Waals surface area (Å²) >= 11 is 1.04. The van der Waals surface area contributed by atoms with E-state index in [9.17, 15) is 18.0 Å². The van der Waals surface area contributed by atoms with Crippen LogP contribution in [0.2, 0.25) is 0 Å². The number of carbonyl (C=O) groups excluding carboxylic acids is 1. The molecule has 1 heterocycles. The molecule has 88 valence electrons. The van der Waals surface area contributed by atoms with Crippen molar-refractivity contribution >= 4 is 17.1 Å². The van der Waals surface area contributed by atoms with Crippen molar-refractivity contribution in [2.24, 2.45) is 0 Å². The van der Waals surface area contributed by atoms with E-state index in [0.717, 1.165) is 17.4 Å². The zero-order valence-corrected chi connectivity index (χ0v) is 9.58. The Morgan fingerprint density at radius 2 is 1.71 bits per heavy atom. The van der Waals surface area contributed by atoms with Crippen molar-refractivity contribution in [3.05, 3.63) is 46.6 Å². The van der Waals surface area contributed by atoms with Crippen molar-refractivity contribution < 1.29 is 18.0 Å². The Kier molecular flexibility index (Phi) is 3.02. The van der Waals surface area contributed by atoms with Crippen LogP contribution in [0.4, 0.5) is 13.2 Å². The second-order valence-corrected chi connectivity index (χ2v) is 4.55. The first-order valence-corrected chi connectivity index (χ1v) is 5.56. The van der Waals surface area contributed by atoms with Gasteiger partial charge in [-0.1, -0.05) is 0 Å². The van der Waals surface area contributed by atoms with Gasteiger partial charge in [0.25, 0.3) is 0 Å². The molecule has 1 aromatic carbocycles. The molecule has 0 bridgehead atoms. The summed E-state index contributed by atoms with van der Waals surface area (Å²) in [6.45, 7) is 1.39. The summed E-state index contributed by atoms with van der Waals surface area (Å²) in [7, 11) is 0. The number of hydrogen-bond acceptors (Lipinski definition) is 2. The molecule has 1 nitrogen and oxygen atoms in total. The van der Waals surface area contributed by atoms with Crippen LogP contribution < -0.4 is 0 Å². The van der Waals surface area contributed by atoms with Crippen molar-refractivity contribution in [3.8, 4) is 10.4 Å². The molecule has 1 aromatic heterocycles. The molecule has 0 amide bonds. The largest absolute Gasteiger partial charge is 0.294 e. The molecule has 5 heteroatoms. The Morgan fingerprint density at radius 1 is 1.06 bits per heavy atom. The molecule has 17 heavy (non-hydrogen) atoms. The zero-order valence-electron chi connectivity index (χ0n) is 8.76. The van der Waals surface area contributed by atoms with Gasteiger partial charge in [0.15, 0.2) is 17.4 Å². The molecule has 0 unspecified atom stereocenters. The third-order valence-electron chi connectivity index (χ3n) is 2.23. The number of halogens is 3. The maximum absolute atomic E-state index is 13.4. The first-order chi connectivity index (χ1) is 7.99. The average Bonchev–Trinajstić information content (AvgIpc) is 2.72. The van der Waals surface area contributed by atoms with E-state index >= 15 is 0 Å². The standard InChI is InChI=1S/C12H7F3OS/c1-6(16)11-2-3-12(17-11)7-4-9(14)10(15)5-8(7)13/h2-5H,1H3. The van der Waals surface area contributed by atoms with Crippen LogP contribution in [-0.2, 0) is 0 Å². The van der Waals surface area contributed by atoms with Gasteiger partial charge < -0.3 is 0 Å². The van der Waals surface area contributed by atoms with Crippen molar-refractivity contribution in [1.82, 2.24) is 0 Å². The minimum absolute atomic E-state index is 0.0404. The third-order valence-corrected chi connectivity index (χ3v) is 3.45. The van der Waals surface area contributed by atoms with Gasteiger partial charge in [-0.3, -0.25) is 4.79 Å². The SMILES string of the molecule is CC(=O)c1ccc(-c2cc(F)c(F)cc2F)s1. The average molecular weight is 256 g/mol. The monoisotopic (exact) mass is 256 g/mol. The molecular weight excluding hydrogens is 249 g/mol. The third kappa shape index (κ3) is 2.24. The summed E-state index contributed by atoms with van der Waals surface area (Å²) in [6.07, 6.45) is 0. The van der Waals surface area contributed by atoms with E-state index in [1.165, 1.54) is 19.1 Å². The highest BCUT2D eigenvalue weighted by molar-refractivity contribution is 7.17. The Morgan fingerprint density at radius 3 is 2.29 bits per heavy atom. The van der Waals surface area contributed by atoms with E-state index in [1.54, 1.807) is 0 Å². The number of benzene rings is 1. The van der Waals surface area contributed by atoms with Gasteiger partial charge in [-0.05, 0) is 25.1 Å². The van der Waals surface area contributed by atoms with Crippen LogP contribution in [0, 0.1) is 17.5 Å². The summed E-state index contributed by atoms with van der Waals surface area (Å²) in [5.74, 6) is -3.33. The Hall–Kier alpha value is -1.62. The normalized spacial score (nSPS) is 10.6. The molecule has 0 atom stereocenters. The van der Waals surface area contributed by atoms with Crippen LogP contribution in [0.5, 0.6) is 0 Å². The van der Waals surface area contributed by atoms with Gasteiger partial charge in [0.2, 0.25) is 0 Å². The smallest absolute Gasteiger partial charge is 0.169 e.